The molecule has 0 bridgehead atoms. The molecular formula is C12H11Br3O2. The summed E-state index contributed by atoms with van der Waals surface area (Å²) in [5.74, 6) is 0.793. The third-order valence-corrected chi connectivity index (χ3v) is 5.05. The van der Waals surface area contributed by atoms with Gasteiger partial charge in [-0.2, -0.15) is 0 Å². The molecule has 17 heavy (non-hydrogen) atoms. The van der Waals surface area contributed by atoms with Crippen LogP contribution in [0.1, 0.15) is 6.42 Å². The molecule has 2 rings (SSSR count). The Kier molecular flexibility index (Phi) is 4.69. The maximum Gasteiger partial charge on any atom is 0.149 e. The second kappa shape index (κ2) is 5.87. The van der Waals surface area contributed by atoms with E-state index in [0.717, 1.165) is 32.2 Å². The van der Waals surface area contributed by atoms with Gasteiger partial charge in [-0.15, -0.1) is 6.58 Å². The summed E-state index contributed by atoms with van der Waals surface area (Å²) in [5, 5.41) is 0. The van der Waals surface area contributed by atoms with Crippen LogP contribution in [0.25, 0.3) is 0 Å². The number of rotatable bonds is 5. The number of hydrogen-bond acceptors (Lipinski definition) is 2. The van der Waals surface area contributed by atoms with E-state index in [9.17, 15) is 0 Å². The van der Waals surface area contributed by atoms with Crippen LogP contribution in [-0.2, 0) is 4.74 Å². The molecule has 1 aromatic carbocycles. The van der Waals surface area contributed by atoms with Crippen LogP contribution in [0.5, 0.6) is 5.75 Å². The van der Waals surface area contributed by atoms with Gasteiger partial charge in [-0.25, -0.2) is 0 Å². The average molecular weight is 427 g/mol. The van der Waals surface area contributed by atoms with E-state index in [0.29, 0.717) is 0 Å². The molecule has 2 unspecified atom stereocenters. The number of epoxide rings is 1. The largest absolute Gasteiger partial charge is 0.485 e. The Hall–Kier alpha value is 0.160. The zero-order valence-corrected chi connectivity index (χ0v) is 13.7. The van der Waals surface area contributed by atoms with E-state index in [1.807, 2.05) is 18.2 Å². The summed E-state index contributed by atoms with van der Waals surface area (Å²) in [4.78, 5) is 0. The van der Waals surface area contributed by atoms with Gasteiger partial charge in [0.25, 0.3) is 0 Å². The fraction of sp³-hybridized carbons (Fsp3) is 0.333. The van der Waals surface area contributed by atoms with E-state index in [1.54, 1.807) is 0 Å². The first kappa shape index (κ1) is 13.6. The zero-order chi connectivity index (χ0) is 12.4. The van der Waals surface area contributed by atoms with Gasteiger partial charge < -0.3 is 9.47 Å². The van der Waals surface area contributed by atoms with Crippen LogP contribution in [0.15, 0.2) is 38.2 Å². The first-order valence-corrected chi connectivity index (χ1v) is 7.54. The molecule has 1 aromatic rings. The fourth-order valence-electron chi connectivity index (χ4n) is 1.48. The van der Waals surface area contributed by atoms with Gasteiger partial charge in [0, 0.05) is 10.9 Å². The number of halogens is 3. The maximum atomic E-state index is 6.00. The summed E-state index contributed by atoms with van der Waals surface area (Å²) in [5.41, 5.74) is 0. The van der Waals surface area contributed by atoms with Gasteiger partial charge >= 0.3 is 0 Å². The molecule has 0 N–H and O–H groups in total. The molecule has 92 valence electrons. The van der Waals surface area contributed by atoms with E-state index >= 15 is 0 Å². The second-order valence-corrected chi connectivity index (χ2v) is 6.23. The Morgan fingerprint density at radius 1 is 1.41 bits per heavy atom. The van der Waals surface area contributed by atoms with Crippen LogP contribution >= 0.6 is 47.8 Å². The maximum absolute atomic E-state index is 6.00. The minimum atomic E-state index is 0.0226. The molecule has 1 aliphatic rings. The van der Waals surface area contributed by atoms with Gasteiger partial charge in [0.15, 0.2) is 0 Å². The van der Waals surface area contributed by atoms with Gasteiger partial charge in [-0.3, -0.25) is 0 Å². The van der Waals surface area contributed by atoms with Gasteiger partial charge in [0.05, 0.1) is 15.6 Å². The summed E-state index contributed by atoms with van der Waals surface area (Å²) in [6.07, 6.45) is 2.84. The summed E-state index contributed by atoms with van der Waals surface area (Å²) in [6.45, 7) is 4.51. The predicted molar refractivity (Wildman–Crippen MR) is 78.5 cm³/mol. The minimum absolute atomic E-state index is 0.0226. The third-order valence-electron chi connectivity index (χ3n) is 2.44. The van der Waals surface area contributed by atoms with Gasteiger partial charge in [0.1, 0.15) is 18.0 Å². The highest BCUT2D eigenvalue weighted by Crippen LogP contribution is 2.40. The van der Waals surface area contributed by atoms with Crippen LogP contribution in [0.4, 0.5) is 0 Å². The molecule has 1 fully saturated rings. The zero-order valence-electron chi connectivity index (χ0n) is 8.96. The Bertz CT molecular complexity index is 430. The highest BCUT2D eigenvalue weighted by Gasteiger charge is 2.34. The Morgan fingerprint density at radius 2 is 2.06 bits per heavy atom. The predicted octanol–water partition coefficient (Wildman–Crippen LogP) is 4.70. The number of benzene rings is 1. The van der Waals surface area contributed by atoms with E-state index < -0.39 is 0 Å². The molecule has 2 nitrogen and oxygen atoms in total. The summed E-state index contributed by atoms with van der Waals surface area (Å²) in [7, 11) is 0. The van der Waals surface area contributed by atoms with E-state index in [2.05, 4.69) is 54.4 Å². The lowest BCUT2D eigenvalue weighted by molar-refractivity contribution is 0.159. The van der Waals surface area contributed by atoms with Crippen LogP contribution in [-0.4, -0.2) is 18.8 Å². The second-order valence-electron chi connectivity index (χ2n) is 3.72. The molecule has 1 saturated heterocycles. The van der Waals surface area contributed by atoms with Gasteiger partial charge in [0.2, 0.25) is 0 Å². The van der Waals surface area contributed by atoms with Crippen molar-refractivity contribution in [2.75, 3.05) is 6.61 Å². The highest BCUT2D eigenvalue weighted by molar-refractivity contribution is 9.13. The van der Waals surface area contributed by atoms with Crippen molar-refractivity contribution in [3.05, 3.63) is 38.2 Å². The van der Waals surface area contributed by atoms with Crippen LogP contribution < -0.4 is 4.74 Å². The standard InChI is InChI=1S/C12H11Br3O2/c1-2-3-9(10-6-16-10)17-12-8(14)5-4-7(13)11(12)15/h2,4-5,9-10H,1,3,6H2. The van der Waals surface area contributed by atoms with Crippen molar-refractivity contribution in [2.45, 2.75) is 18.6 Å². The van der Waals surface area contributed by atoms with Gasteiger partial charge in [-0.1, -0.05) is 6.08 Å². The Balaban J connectivity index is 2.21. The van der Waals surface area contributed by atoms with Crippen molar-refractivity contribution in [1.82, 2.24) is 0 Å². The molecule has 0 spiro atoms. The quantitative estimate of drug-likeness (QED) is 0.387. The fourth-order valence-corrected chi connectivity index (χ4v) is 2.92. The normalized spacial score (nSPS) is 19.8. The molecule has 0 radical (unpaired) electrons. The Morgan fingerprint density at radius 3 is 2.65 bits per heavy atom. The third kappa shape index (κ3) is 3.34. The summed E-state index contributed by atoms with van der Waals surface area (Å²) >= 11 is 10.5. The molecule has 0 amide bonds. The molecule has 1 aliphatic heterocycles. The van der Waals surface area contributed by atoms with Gasteiger partial charge in [-0.05, 0) is 59.9 Å². The Labute approximate surface area is 126 Å². The molecule has 0 aliphatic carbocycles. The van der Waals surface area contributed by atoms with Crippen LogP contribution in [0.2, 0.25) is 0 Å². The first-order valence-electron chi connectivity index (χ1n) is 5.16. The number of hydrogen-bond donors (Lipinski definition) is 0. The van der Waals surface area contributed by atoms with Crippen molar-refractivity contribution in [3.63, 3.8) is 0 Å². The number of ether oxygens (including phenoxy) is 2. The lowest BCUT2D eigenvalue weighted by Crippen LogP contribution is -2.22. The van der Waals surface area contributed by atoms with E-state index in [4.69, 9.17) is 9.47 Å². The van der Waals surface area contributed by atoms with Crippen LogP contribution in [0.3, 0.4) is 0 Å². The van der Waals surface area contributed by atoms with Crippen molar-refractivity contribution >= 4 is 47.8 Å². The van der Waals surface area contributed by atoms with E-state index in [1.165, 1.54) is 0 Å². The molecular weight excluding hydrogens is 416 g/mol. The first-order chi connectivity index (χ1) is 8.13. The van der Waals surface area contributed by atoms with Crippen molar-refractivity contribution in [1.29, 1.82) is 0 Å². The molecule has 0 saturated carbocycles. The van der Waals surface area contributed by atoms with Crippen molar-refractivity contribution in [3.8, 4) is 5.75 Å². The monoisotopic (exact) mass is 424 g/mol. The molecule has 2 atom stereocenters. The summed E-state index contributed by atoms with van der Waals surface area (Å²) < 4.78 is 14.1. The SMILES string of the molecule is C=CCC(Oc1c(Br)ccc(Br)c1Br)C1CO1. The molecule has 1 heterocycles. The smallest absolute Gasteiger partial charge is 0.149 e. The van der Waals surface area contributed by atoms with Crippen molar-refractivity contribution < 1.29 is 9.47 Å². The topological polar surface area (TPSA) is 21.8 Å². The highest BCUT2D eigenvalue weighted by atomic mass is 79.9. The van der Waals surface area contributed by atoms with Crippen molar-refractivity contribution in [2.24, 2.45) is 0 Å². The lowest BCUT2D eigenvalue weighted by Gasteiger charge is -2.18. The van der Waals surface area contributed by atoms with E-state index in [-0.39, 0.29) is 12.2 Å². The van der Waals surface area contributed by atoms with Crippen LogP contribution in [0, 0.1) is 0 Å². The summed E-state index contributed by atoms with van der Waals surface area (Å²) in [6, 6.07) is 3.90. The molecule has 0 aromatic heterocycles. The molecule has 5 heteroatoms. The average Bonchev–Trinajstić information content (AvgIpc) is 3.12. The lowest BCUT2D eigenvalue weighted by atomic mass is 10.2. The minimum Gasteiger partial charge on any atom is -0.485 e.